The molecule has 0 amide bonds. The van der Waals surface area contributed by atoms with Crippen LogP contribution in [0.3, 0.4) is 0 Å². The number of nitrogens with zero attached hydrogens (tertiary/aromatic N) is 4. The largest absolute Gasteiger partial charge is 1.00 e. The first-order valence-corrected chi connectivity index (χ1v) is 18.7. The normalized spacial score (nSPS) is 12.4. The van der Waals surface area contributed by atoms with Gasteiger partial charge in [0.2, 0.25) is 11.0 Å². The molecule has 4 bridgehead atoms. The van der Waals surface area contributed by atoms with Crippen LogP contribution in [-0.4, -0.2) is 14.1 Å². The first-order chi connectivity index (χ1) is 25.7. The third-order valence-corrected chi connectivity index (χ3v) is 11.5. The molecule has 0 atom stereocenters. The molecule has 0 unspecified atom stereocenters. The highest BCUT2D eigenvalue weighted by Crippen LogP contribution is 2.39. The quantitative estimate of drug-likeness (QED) is 0.190. The Morgan fingerprint density at radius 3 is 1.13 bits per heavy atom. The molecule has 2 heterocycles. The summed E-state index contributed by atoms with van der Waals surface area (Å²) in [6.07, 6.45) is 4.36. The highest BCUT2D eigenvalue weighted by atomic mass is 79.9. The molecule has 2 aromatic heterocycles. The number of benzene rings is 6. The summed E-state index contributed by atoms with van der Waals surface area (Å²) in [6.45, 7) is 0. The number of halogens is 6. The van der Waals surface area contributed by atoms with Gasteiger partial charge in [0.05, 0.1) is 22.1 Å². The van der Waals surface area contributed by atoms with Crippen molar-refractivity contribution in [2.75, 3.05) is 23.9 Å². The SMILES string of the molecule is CN(c1ccc(Cl)cc1)c1cc[n+](C2([n+]3ccc(N(C)c4ccc(Cl)cc4)c4ccc(Cl)cc43)c3ccc(cc3)-c3ccc2cc3)c2cc(Cl)ccc12.[Br-].[Br-]. The van der Waals surface area contributed by atoms with E-state index in [1.54, 1.807) is 0 Å². The molecule has 0 saturated carbocycles. The van der Waals surface area contributed by atoms with Gasteiger partial charge in [0.25, 0.3) is 0 Å². The summed E-state index contributed by atoms with van der Waals surface area (Å²) in [4.78, 5) is 4.36. The molecule has 4 nitrogen and oxygen atoms in total. The van der Waals surface area contributed by atoms with Gasteiger partial charge in [0.1, 0.15) is 11.1 Å². The van der Waals surface area contributed by atoms with E-state index in [-0.39, 0.29) is 34.0 Å². The van der Waals surface area contributed by atoms with Gasteiger partial charge in [-0.05, 0) is 108 Å². The highest BCUT2D eigenvalue weighted by molar-refractivity contribution is 6.32. The van der Waals surface area contributed by atoms with Crippen LogP contribution in [0.25, 0.3) is 32.9 Å². The van der Waals surface area contributed by atoms with Gasteiger partial charge in [0, 0.05) is 69.8 Å². The minimum absolute atomic E-state index is 0. The average Bonchev–Trinajstić information content (AvgIpc) is 3.34. The molecule has 8 aromatic rings. The lowest BCUT2D eigenvalue weighted by Crippen LogP contribution is -3.00. The zero-order valence-corrected chi connectivity index (χ0v) is 35.8. The molecule has 55 heavy (non-hydrogen) atoms. The Kier molecular flexibility index (Phi) is 11.0. The fraction of sp³-hybridized carbons (Fsp3) is 0.0667. The van der Waals surface area contributed by atoms with Crippen LogP contribution in [0.2, 0.25) is 20.1 Å². The number of pyridine rings is 2. The second kappa shape index (κ2) is 15.4. The number of aromatic nitrogens is 2. The van der Waals surface area contributed by atoms with Crippen molar-refractivity contribution in [1.82, 2.24) is 0 Å². The van der Waals surface area contributed by atoms with Gasteiger partial charge in [0.15, 0.2) is 12.4 Å². The molecule has 0 fully saturated rings. The minimum atomic E-state index is -0.942. The lowest BCUT2D eigenvalue weighted by atomic mass is 9.89. The van der Waals surface area contributed by atoms with E-state index in [1.165, 1.54) is 0 Å². The summed E-state index contributed by atoms with van der Waals surface area (Å²) in [5.74, 6) is 0. The summed E-state index contributed by atoms with van der Waals surface area (Å²) >= 11 is 26.4. The Morgan fingerprint density at radius 1 is 0.418 bits per heavy atom. The predicted octanol–water partition coefficient (Wildman–Crippen LogP) is 6.00. The number of rotatable bonds is 6. The third kappa shape index (κ3) is 6.57. The van der Waals surface area contributed by atoms with Crippen LogP contribution in [0.1, 0.15) is 11.1 Å². The van der Waals surface area contributed by atoms with Crippen LogP contribution in [0.5, 0.6) is 0 Å². The molecule has 0 spiro atoms. The maximum atomic E-state index is 6.91. The lowest BCUT2D eigenvalue weighted by Gasteiger charge is -2.28. The van der Waals surface area contributed by atoms with E-state index in [4.69, 9.17) is 46.4 Å². The Hall–Kier alpha value is -4.14. The van der Waals surface area contributed by atoms with Crippen molar-refractivity contribution in [2.24, 2.45) is 0 Å². The van der Waals surface area contributed by atoms with E-state index >= 15 is 0 Å². The van der Waals surface area contributed by atoms with Gasteiger partial charge >= 0.3 is 5.66 Å². The summed E-state index contributed by atoms with van der Waals surface area (Å²) in [7, 11) is 4.15. The van der Waals surface area contributed by atoms with Crippen molar-refractivity contribution < 1.29 is 43.1 Å². The van der Waals surface area contributed by atoms with Crippen molar-refractivity contribution in [3.63, 3.8) is 0 Å². The van der Waals surface area contributed by atoms with Crippen LogP contribution in [0.4, 0.5) is 22.7 Å². The Bertz CT molecular complexity index is 2500. The maximum Gasteiger partial charge on any atom is 0.415 e. The smallest absolute Gasteiger partial charge is 0.415 e. The van der Waals surface area contributed by atoms with Gasteiger partial charge in [-0.15, -0.1) is 9.13 Å². The van der Waals surface area contributed by atoms with Crippen LogP contribution in [0, 0.1) is 0 Å². The van der Waals surface area contributed by atoms with Gasteiger partial charge in [-0.25, -0.2) is 0 Å². The average molecular weight is 930 g/mol. The molecule has 6 aromatic carbocycles. The van der Waals surface area contributed by atoms with Gasteiger partial charge in [-0.3, -0.25) is 0 Å². The van der Waals surface area contributed by atoms with E-state index in [1.807, 2.05) is 60.7 Å². The van der Waals surface area contributed by atoms with Crippen molar-refractivity contribution in [3.8, 4) is 11.1 Å². The number of hydrogen-bond donors (Lipinski definition) is 0. The fourth-order valence-corrected chi connectivity index (χ4v) is 8.44. The molecular formula is C45H32Br2Cl4N4. The van der Waals surface area contributed by atoms with E-state index in [0.29, 0.717) is 20.1 Å². The predicted molar refractivity (Wildman–Crippen MR) is 221 cm³/mol. The molecule has 274 valence electrons. The standard InChI is InChI=1S/C45H32Cl4N4.2BrH/c1-50(37-17-11-33(46)12-18-37)41-23-25-52(43-27-35(48)15-21-39(41)43)45(31-7-3-29(4-8-31)30-5-9-32(45)10-6-30)53-26-24-42(40-22-16-36(49)28-44(40)53)51(2)38-19-13-34(47)14-20-38;;/h3-28H,1-2H3;2*1H/q+2;;/p-2. The zero-order valence-electron chi connectivity index (χ0n) is 29.6. The van der Waals surface area contributed by atoms with E-state index in [2.05, 4.69) is 130 Å². The minimum Gasteiger partial charge on any atom is -1.00 e. The van der Waals surface area contributed by atoms with E-state index in [0.717, 1.165) is 66.8 Å². The van der Waals surface area contributed by atoms with E-state index < -0.39 is 5.66 Å². The monoisotopic (exact) mass is 926 g/mol. The van der Waals surface area contributed by atoms with Gasteiger partial charge in [-0.2, -0.15) is 0 Å². The molecule has 10 heteroatoms. The summed E-state index contributed by atoms with van der Waals surface area (Å²) in [5, 5.41) is 4.73. The molecule has 0 radical (unpaired) electrons. The Labute approximate surface area is 361 Å². The molecule has 0 saturated heterocycles. The summed E-state index contributed by atoms with van der Waals surface area (Å²) in [5.41, 5.74) is 9.51. The van der Waals surface area contributed by atoms with Crippen LogP contribution in [-0.2, 0) is 5.66 Å². The molecule has 0 N–H and O–H groups in total. The molecule has 4 aliphatic carbocycles. The number of fused-ring (bicyclic) bond motifs is 2. The number of anilines is 4. The Balaban J connectivity index is 0.00000233. The zero-order chi connectivity index (χ0) is 36.4. The number of hydrogen-bond acceptors (Lipinski definition) is 2. The second-order valence-electron chi connectivity index (χ2n) is 13.4. The lowest BCUT2D eigenvalue weighted by molar-refractivity contribution is -0.950. The van der Waals surface area contributed by atoms with Crippen LogP contribution in [0.15, 0.2) is 158 Å². The fourth-order valence-electron chi connectivity index (χ4n) is 7.86. The summed E-state index contributed by atoms with van der Waals surface area (Å²) in [6, 6.07) is 50.2. The summed E-state index contributed by atoms with van der Waals surface area (Å²) < 4.78 is 4.71. The molecule has 4 aliphatic rings. The van der Waals surface area contributed by atoms with Crippen LogP contribution < -0.4 is 52.9 Å². The van der Waals surface area contributed by atoms with Crippen molar-refractivity contribution in [2.45, 2.75) is 5.66 Å². The van der Waals surface area contributed by atoms with Gasteiger partial charge in [-0.1, -0.05) is 70.7 Å². The second-order valence-corrected chi connectivity index (χ2v) is 15.1. The first kappa shape index (κ1) is 39.1. The third-order valence-electron chi connectivity index (χ3n) is 10.5. The van der Waals surface area contributed by atoms with Crippen LogP contribution >= 0.6 is 46.4 Å². The maximum absolute atomic E-state index is 6.91. The topological polar surface area (TPSA) is 14.2 Å². The van der Waals surface area contributed by atoms with Crippen molar-refractivity contribution >= 4 is 91.0 Å². The molecule has 12 rings (SSSR count). The Morgan fingerprint density at radius 2 is 0.764 bits per heavy atom. The first-order valence-electron chi connectivity index (χ1n) is 17.2. The molecular weight excluding hydrogens is 898 g/mol. The molecule has 0 aliphatic heterocycles. The van der Waals surface area contributed by atoms with E-state index in [9.17, 15) is 0 Å². The van der Waals surface area contributed by atoms with Crippen molar-refractivity contribution in [3.05, 3.63) is 189 Å². The highest BCUT2D eigenvalue weighted by Gasteiger charge is 2.56. The van der Waals surface area contributed by atoms with Gasteiger partial charge < -0.3 is 43.8 Å². The van der Waals surface area contributed by atoms with Crippen molar-refractivity contribution in [1.29, 1.82) is 0 Å².